The standard InChI is InChI=1S/C25H26N4O3/c1-2-14-26-24(31)19-10-6-11-20(15-19)27-17-23(30)28-21-12-7-13-22(16-21)29-25(32)18-8-4-3-5-9-18/h3-13,15-16,27H,2,14,17H2,1H3,(H,26,31)(H,28,30)(H,29,32). The molecule has 3 aromatic carbocycles. The molecule has 32 heavy (non-hydrogen) atoms. The Morgan fingerprint density at radius 3 is 2.09 bits per heavy atom. The highest BCUT2D eigenvalue weighted by molar-refractivity contribution is 6.04. The number of benzene rings is 3. The fourth-order valence-electron chi connectivity index (χ4n) is 2.97. The molecule has 0 saturated heterocycles. The molecule has 0 saturated carbocycles. The van der Waals surface area contributed by atoms with Gasteiger partial charge in [-0.15, -0.1) is 0 Å². The summed E-state index contributed by atoms with van der Waals surface area (Å²) in [7, 11) is 0. The summed E-state index contributed by atoms with van der Waals surface area (Å²) < 4.78 is 0. The number of amides is 3. The van der Waals surface area contributed by atoms with Crippen molar-refractivity contribution in [1.29, 1.82) is 0 Å². The van der Waals surface area contributed by atoms with Gasteiger partial charge in [-0.25, -0.2) is 0 Å². The molecule has 3 rings (SSSR count). The van der Waals surface area contributed by atoms with Crippen LogP contribution >= 0.6 is 0 Å². The summed E-state index contributed by atoms with van der Waals surface area (Å²) in [6, 6.07) is 22.8. The first-order valence-electron chi connectivity index (χ1n) is 10.4. The molecule has 0 heterocycles. The SMILES string of the molecule is CCCNC(=O)c1cccc(NCC(=O)Nc2cccc(NC(=O)c3ccccc3)c2)c1. The number of hydrogen-bond acceptors (Lipinski definition) is 4. The van der Waals surface area contributed by atoms with Crippen molar-refractivity contribution in [3.8, 4) is 0 Å². The normalized spacial score (nSPS) is 10.2. The van der Waals surface area contributed by atoms with Gasteiger partial charge in [-0.05, 0) is 55.0 Å². The molecule has 3 amide bonds. The second-order valence-electron chi connectivity index (χ2n) is 7.14. The predicted octanol–water partition coefficient (Wildman–Crippen LogP) is 4.13. The topological polar surface area (TPSA) is 99.3 Å². The van der Waals surface area contributed by atoms with E-state index in [1.807, 2.05) is 13.0 Å². The van der Waals surface area contributed by atoms with Crippen molar-refractivity contribution >= 4 is 34.8 Å². The van der Waals surface area contributed by atoms with Crippen LogP contribution in [0.5, 0.6) is 0 Å². The van der Waals surface area contributed by atoms with Gasteiger partial charge in [0.05, 0.1) is 6.54 Å². The second kappa shape index (κ2) is 11.3. The molecule has 0 aromatic heterocycles. The van der Waals surface area contributed by atoms with Crippen molar-refractivity contribution in [2.75, 3.05) is 29.0 Å². The van der Waals surface area contributed by atoms with E-state index >= 15 is 0 Å². The molecule has 0 aliphatic heterocycles. The molecule has 3 aromatic rings. The fraction of sp³-hybridized carbons (Fsp3) is 0.160. The molecule has 0 radical (unpaired) electrons. The smallest absolute Gasteiger partial charge is 0.255 e. The summed E-state index contributed by atoms with van der Waals surface area (Å²) in [5, 5.41) is 11.5. The quantitative estimate of drug-likeness (QED) is 0.410. The van der Waals surface area contributed by atoms with Crippen molar-refractivity contribution in [3.63, 3.8) is 0 Å². The highest BCUT2D eigenvalue weighted by Gasteiger charge is 2.08. The zero-order valence-corrected chi connectivity index (χ0v) is 17.9. The number of carbonyl (C=O) groups excluding carboxylic acids is 3. The number of hydrogen-bond donors (Lipinski definition) is 4. The van der Waals surface area contributed by atoms with Crippen LogP contribution in [0.1, 0.15) is 34.1 Å². The molecular formula is C25H26N4O3. The van der Waals surface area contributed by atoms with Crippen LogP contribution in [-0.2, 0) is 4.79 Å². The van der Waals surface area contributed by atoms with Gasteiger partial charge in [-0.1, -0.05) is 37.3 Å². The van der Waals surface area contributed by atoms with E-state index in [0.717, 1.165) is 6.42 Å². The van der Waals surface area contributed by atoms with Gasteiger partial charge in [-0.2, -0.15) is 0 Å². The van der Waals surface area contributed by atoms with E-state index in [1.165, 1.54) is 0 Å². The summed E-state index contributed by atoms with van der Waals surface area (Å²) in [6.07, 6.45) is 0.862. The molecular weight excluding hydrogens is 404 g/mol. The van der Waals surface area contributed by atoms with Gasteiger partial charge in [0.25, 0.3) is 11.8 Å². The molecule has 0 aliphatic carbocycles. The maximum Gasteiger partial charge on any atom is 0.255 e. The monoisotopic (exact) mass is 430 g/mol. The Kier molecular flexibility index (Phi) is 7.97. The van der Waals surface area contributed by atoms with Gasteiger partial charge in [0.2, 0.25) is 5.91 Å². The Balaban J connectivity index is 1.54. The zero-order chi connectivity index (χ0) is 22.8. The fourth-order valence-corrected chi connectivity index (χ4v) is 2.97. The second-order valence-corrected chi connectivity index (χ2v) is 7.14. The van der Waals surface area contributed by atoms with Gasteiger partial charge in [0, 0.05) is 34.7 Å². The lowest BCUT2D eigenvalue weighted by Gasteiger charge is -2.11. The summed E-state index contributed by atoms with van der Waals surface area (Å²) >= 11 is 0. The number of rotatable bonds is 9. The van der Waals surface area contributed by atoms with Crippen molar-refractivity contribution in [1.82, 2.24) is 5.32 Å². The number of nitrogens with one attached hydrogen (secondary N) is 4. The van der Waals surface area contributed by atoms with Crippen LogP contribution in [0.15, 0.2) is 78.9 Å². The lowest BCUT2D eigenvalue weighted by molar-refractivity contribution is -0.114. The lowest BCUT2D eigenvalue weighted by atomic mass is 10.2. The molecule has 7 heteroatoms. The average Bonchev–Trinajstić information content (AvgIpc) is 2.82. The molecule has 164 valence electrons. The maximum absolute atomic E-state index is 12.4. The predicted molar refractivity (Wildman–Crippen MR) is 127 cm³/mol. The van der Waals surface area contributed by atoms with E-state index in [9.17, 15) is 14.4 Å². The summed E-state index contributed by atoms with van der Waals surface area (Å²) in [4.78, 5) is 36.8. The Morgan fingerprint density at radius 2 is 1.34 bits per heavy atom. The minimum absolute atomic E-state index is 0.0284. The number of anilines is 3. The van der Waals surface area contributed by atoms with Gasteiger partial charge >= 0.3 is 0 Å². The van der Waals surface area contributed by atoms with E-state index in [4.69, 9.17) is 0 Å². The third-order valence-electron chi connectivity index (χ3n) is 4.55. The Bertz CT molecular complexity index is 1080. The van der Waals surface area contributed by atoms with Crippen LogP contribution in [0.4, 0.5) is 17.1 Å². The molecule has 0 fully saturated rings. The molecule has 0 bridgehead atoms. The van der Waals surface area contributed by atoms with Gasteiger partial charge in [0.15, 0.2) is 0 Å². The largest absolute Gasteiger partial charge is 0.376 e. The minimum atomic E-state index is -0.252. The average molecular weight is 431 g/mol. The molecule has 0 spiro atoms. The van der Waals surface area contributed by atoms with Crippen molar-refractivity contribution in [3.05, 3.63) is 90.0 Å². The zero-order valence-electron chi connectivity index (χ0n) is 17.9. The first kappa shape index (κ1) is 22.6. The van der Waals surface area contributed by atoms with E-state index in [0.29, 0.717) is 34.7 Å². The van der Waals surface area contributed by atoms with Crippen LogP contribution in [0, 0.1) is 0 Å². The van der Waals surface area contributed by atoms with E-state index < -0.39 is 0 Å². The molecule has 0 atom stereocenters. The van der Waals surface area contributed by atoms with Gasteiger partial charge in [0.1, 0.15) is 0 Å². The van der Waals surface area contributed by atoms with E-state index in [2.05, 4.69) is 21.3 Å². The first-order chi connectivity index (χ1) is 15.5. The third kappa shape index (κ3) is 6.70. The van der Waals surface area contributed by atoms with Gasteiger partial charge in [-0.3, -0.25) is 14.4 Å². The van der Waals surface area contributed by atoms with Crippen molar-refractivity contribution in [2.24, 2.45) is 0 Å². The van der Waals surface area contributed by atoms with Crippen LogP contribution in [0.3, 0.4) is 0 Å². The van der Waals surface area contributed by atoms with Crippen LogP contribution in [0.2, 0.25) is 0 Å². The molecule has 0 unspecified atom stereocenters. The Labute approximate surface area is 187 Å². The van der Waals surface area contributed by atoms with Crippen molar-refractivity contribution < 1.29 is 14.4 Å². The Morgan fingerprint density at radius 1 is 0.688 bits per heavy atom. The van der Waals surface area contributed by atoms with Crippen LogP contribution in [0.25, 0.3) is 0 Å². The maximum atomic E-state index is 12.4. The molecule has 4 N–H and O–H groups in total. The summed E-state index contributed by atoms with van der Waals surface area (Å²) in [5.74, 6) is -0.620. The molecule has 0 aliphatic rings. The van der Waals surface area contributed by atoms with Crippen LogP contribution in [-0.4, -0.2) is 30.8 Å². The third-order valence-corrected chi connectivity index (χ3v) is 4.55. The highest BCUT2D eigenvalue weighted by Crippen LogP contribution is 2.16. The number of carbonyl (C=O) groups is 3. The summed E-state index contributed by atoms with van der Waals surface area (Å²) in [5.41, 5.74) is 2.90. The van der Waals surface area contributed by atoms with Crippen molar-refractivity contribution in [2.45, 2.75) is 13.3 Å². The lowest BCUT2D eigenvalue weighted by Crippen LogP contribution is -2.24. The highest BCUT2D eigenvalue weighted by atomic mass is 16.2. The van der Waals surface area contributed by atoms with E-state index in [-0.39, 0.29) is 24.3 Å². The first-order valence-corrected chi connectivity index (χ1v) is 10.4. The minimum Gasteiger partial charge on any atom is -0.376 e. The summed E-state index contributed by atoms with van der Waals surface area (Å²) in [6.45, 7) is 2.63. The molecule has 7 nitrogen and oxygen atoms in total. The van der Waals surface area contributed by atoms with E-state index in [1.54, 1.807) is 72.8 Å². The van der Waals surface area contributed by atoms with Crippen LogP contribution < -0.4 is 21.3 Å². The van der Waals surface area contributed by atoms with Gasteiger partial charge < -0.3 is 21.3 Å². The Hall–Kier alpha value is -4.13.